The molecular weight excluding hydrogens is 252 g/mol. The average molecular weight is 274 g/mol. The number of nitrogens with zero attached hydrogens (tertiary/aromatic N) is 2. The number of aryl methyl sites for hydroxylation is 1. The highest BCUT2D eigenvalue weighted by Crippen LogP contribution is 2.31. The van der Waals surface area contributed by atoms with Gasteiger partial charge in [-0.25, -0.2) is 9.97 Å². The van der Waals surface area contributed by atoms with Crippen LogP contribution in [0.1, 0.15) is 67.9 Å². The van der Waals surface area contributed by atoms with Gasteiger partial charge in [-0.05, 0) is 37.7 Å². The summed E-state index contributed by atoms with van der Waals surface area (Å²) in [7, 11) is 0. The molecule has 0 aromatic carbocycles. The lowest BCUT2D eigenvalue weighted by Gasteiger charge is -2.22. The van der Waals surface area contributed by atoms with Crippen LogP contribution in [-0.4, -0.2) is 21.0 Å². The number of hydrogen-bond donors (Lipinski definition) is 1. The standard InChI is InChI=1S/C16H22N2O2/c19-16(20)12-7-8-14-13(9-12)10-17-15(18-14)11-5-3-1-2-4-6-11/h10-12H,1-9H2,(H,19,20). The molecule has 2 aliphatic rings. The minimum atomic E-state index is -0.691. The number of carbonyl (C=O) groups is 1. The minimum absolute atomic E-state index is 0.255. The second-order valence-corrected chi connectivity index (χ2v) is 6.17. The Morgan fingerprint density at radius 1 is 1.15 bits per heavy atom. The van der Waals surface area contributed by atoms with Crippen LogP contribution >= 0.6 is 0 Å². The molecule has 4 heteroatoms. The highest BCUT2D eigenvalue weighted by atomic mass is 16.4. The molecule has 4 nitrogen and oxygen atoms in total. The zero-order valence-electron chi connectivity index (χ0n) is 11.8. The average Bonchev–Trinajstić information content (AvgIpc) is 2.75. The number of fused-ring (bicyclic) bond motifs is 1. The van der Waals surface area contributed by atoms with E-state index in [0.29, 0.717) is 18.8 Å². The zero-order valence-corrected chi connectivity index (χ0v) is 11.8. The molecule has 108 valence electrons. The molecule has 0 bridgehead atoms. The van der Waals surface area contributed by atoms with Gasteiger partial charge in [-0.15, -0.1) is 0 Å². The Bertz CT molecular complexity index is 493. The van der Waals surface area contributed by atoms with Gasteiger partial charge in [0.1, 0.15) is 5.82 Å². The topological polar surface area (TPSA) is 63.1 Å². The third-order valence-electron chi connectivity index (χ3n) is 4.74. The van der Waals surface area contributed by atoms with Crippen LogP contribution in [0, 0.1) is 5.92 Å². The first-order valence-corrected chi connectivity index (χ1v) is 7.81. The molecule has 1 aromatic heterocycles. The zero-order chi connectivity index (χ0) is 13.9. The Balaban J connectivity index is 1.78. The highest BCUT2D eigenvalue weighted by Gasteiger charge is 2.26. The van der Waals surface area contributed by atoms with E-state index < -0.39 is 5.97 Å². The van der Waals surface area contributed by atoms with Gasteiger partial charge < -0.3 is 5.11 Å². The SMILES string of the molecule is O=C(O)C1CCc2nc(C3CCCCCC3)ncc2C1. The van der Waals surface area contributed by atoms with Crippen molar-refractivity contribution in [3.8, 4) is 0 Å². The molecular formula is C16H22N2O2. The van der Waals surface area contributed by atoms with Crippen LogP contribution in [0.3, 0.4) is 0 Å². The second kappa shape index (κ2) is 5.90. The van der Waals surface area contributed by atoms with E-state index in [0.717, 1.165) is 23.5 Å². The molecule has 0 saturated heterocycles. The maximum absolute atomic E-state index is 11.1. The molecule has 1 saturated carbocycles. The number of rotatable bonds is 2. The summed E-state index contributed by atoms with van der Waals surface area (Å²) in [6.45, 7) is 0. The molecule has 0 aliphatic heterocycles. The van der Waals surface area contributed by atoms with Crippen molar-refractivity contribution in [2.75, 3.05) is 0 Å². The minimum Gasteiger partial charge on any atom is -0.481 e. The molecule has 1 atom stereocenters. The predicted molar refractivity (Wildman–Crippen MR) is 75.6 cm³/mol. The lowest BCUT2D eigenvalue weighted by atomic mass is 9.87. The molecule has 0 amide bonds. The van der Waals surface area contributed by atoms with Crippen LogP contribution in [0.5, 0.6) is 0 Å². The number of aliphatic carboxylic acids is 1. The predicted octanol–water partition coefficient (Wildman–Crippen LogP) is 3.10. The summed E-state index contributed by atoms with van der Waals surface area (Å²) in [6, 6.07) is 0. The van der Waals surface area contributed by atoms with Crippen molar-refractivity contribution in [3.05, 3.63) is 23.3 Å². The first-order valence-electron chi connectivity index (χ1n) is 7.81. The summed E-state index contributed by atoms with van der Waals surface area (Å²) < 4.78 is 0. The van der Waals surface area contributed by atoms with Crippen LogP contribution < -0.4 is 0 Å². The van der Waals surface area contributed by atoms with E-state index in [-0.39, 0.29) is 5.92 Å². The van der Waals surface area contributed by atoms with Crippen LogP contribution in [-0.2, 0) is 17.6 Å². The van der Waals surface area contributed by atoms with Crippen molar-refractivity contribution in [1.82, 2.24) is 9.97 Å². The van der Waals surface area contributed by atoms with E-state index in [4.69, 9.17) is 10.1 Å². The first-order chi connectivity index (χ1) is 9.74. The third kappa shape index (κ3) is 2.84. The third-order valence-corrected chi connectivity index (χ3v) is 4.74. The van der Waals surface area contributed by atoms with Crippen LogP contribution in [0.25, 0.3) is 0 Å². The van der Waals surface area contributed by atoms with Gasteiger partial charge in [0.25, 0.3) is 0 Å². The fourth-order valence-corrected chi connectivity index (χ4v) is 3.47. The molecule has 1 heterocycles. The number of carboxylic acids is 1. The van der Waals surface area contributed by atoms with E-state index in [2.05, 4.69) is 4.98 Å². The molecule has 0 radical (unpaired) electrons. The summed E-state index contributed by atoms with van der Waals surface area (Å²) in [5, 5.41) is 9.11. The van der Waals surface area contributed by atoms with Crippen LogP contribution in [0.2, 0.25) is 0 Å². The van der Waals surface area contributed by atoms with Gasteiger partial charge in [0.05, 0.1) is 5.92 Å². The molecule has 1 aromatic rings. The number of carboxylic acid groups (broad SMARTS) is 1. The number of hydrogen-bond acceptors (Lipinski definition) is 3. The Morgan fingerprint density at radius 3 is 2.60 bits per heavy atom. The normalized spacial score (nSPS) is 23.9. The fourth-order valence-electron chi connectivity index (χ4n) is 3.47. The molecule has 0 spiro atoms. The fraction of sp³-hybridized carbons (Fsp3) is 0.688. The van der Waals surface area contributed by atoms with E-state index in [1.807, 2.05) is 6.20 Å². The van der Waals surface area contributed by atoms with Crippen molar-refractivity contribution >= 4 is 5.97 Å². The molecule has 20 heavy (non-hydrogen) atoms. The summed E-state index contributed by atoms with van der Waals surface area (Å²) in [5.74, 6) is 0.567. The Labute approximate surface area is 119 Å². The van der Waals surface area contributed by atoms with Gasteiger partial charge in [0, 0.05) is 17.8 Å². The van der Waals surface area contributed by atoms with E-state index in [9.17, 15) is 4.79 Å². The van der Waals surface area contributed by atoms with E-state index in [1.54, 1.807) is 0 Å². The van der Waals surface area contributed by atoms with Crippen molar-refractivity contribution in [3.63, 3.8) is 0 Å². The monoisotopic (exact) mass is 274 g/mol. The van der Waals surface area contributed by atoms with Crippen molar-refractivity contribution in [2.45, 2.75) is 63.7 Å². The van der Waals surface area contributed by atoms with Gasteiger partial charge in [-0.2, -0.15) is 0 Å². The van der Waals surface area contributed by atoms with Gasteiger partial charge in [0.15, 0.2) is 0 Å². The van der Waals surface area contributed by atoms with Gasteiger partial charge in [-0.1, -0.05) is 25.7 Å². The van der Waals surface area contributed by atoms with Crippen molar-refractivity contribution in [2.24, 2.45) is 5.92 Å². The molecule has 1 unspecified atom stereocenters. The smallest absolute Gasteiger partial charge is 0.306 e. The summed E-state index contributed by atoms with van der Waals surface area (Å²) in [6.07, 6.45) is 11.6. The first kappa shape index (κ1) is 13.5. The second-order valence-electron chi connectivity index (χ2n) is 6.17. The molecule has 1 N–H and O–H groups in total. The van der Waals surface area contributed by atoms with Gasteiger partial charge in [-0.3, -0.25) is 4.79 Å². The maximum atomic E-state index is 11.1. The van der Waals surface area contributed by atoms with E-state index in [1.165, 1.54) is 38.5 Å². The Hall–Kier alpha value is -1.45. The largest absolute Gasteiger partial charge is 0.481 e. The van der Waals surface area contributed by atoms with Crippen LogP contribution in [0.15, 0.2) is 6.20 Å². The van der Waals surface area contributed by atoms with Crippen LogP contribution in [0.4, 0.5) is 0 Å². The highest BCUT2D eigenvalue weighted by molar-refractivity contribution is 5.70. The summed E-state index contributed by atoms with van der Waals surface area (Å²) >= 11 is 0. The summed E-state index contributed by atoms with van der Waals surface area (Å²) in [5.41, 5.74) is 2.14. The lowest BCUT2D eigenvalue weighted by Crippen LogP contribution is -2.24. The van der Waals surface area contributed by atoms with Gasteiger partial charge >= 0.3 is 5.97 Å². The number of aromatic nitrogens is 2. The van der Waals surface area contributed by atoms with Crippen molar-refractivity contribution < 1.29 is 9.90 Å². The molecule has 1 fully saturated rings. The lowest BCUT2D eigenvalue weighted by molar-refractivity contribution is -0.142. The van der Waals surface area contributed by atoms with E-state index >= 15 is 0 Å². The molecule has 3 rings (SSSR count). The van der Waals surface area contributed by atoms with Crippen molar-refractivity contribution in [1.29, 1.82) is 0 Å². The molecule has 2 aliphatic carbocycles. The Morgan fingerprint density at radius 2 is 1.90 bits per heavy atom. The summed E-state index contributed by atoms with van der Waals surface area (Å²) in [4.78, 5) is 20.4. The quantitative estimate of drug-likeness (QED) is 0.842. The van der Waals surface area contributed by atoms with Gasteiger partial charge in [0.2, 0.25) is 0 Å². The Kier molecular flexibility index (Phi) is 3.99. The maximum Gasteiger partial charge on any atom is 0.306 e.